The van der Waals surface area contributed by atoms with E-state index in [9.17, 15) is 9.59 Å². The molecule has 4 heteroatoms. The number of carbonyl (C=O) groups is 2. The van der Waals surface area contributed by atoms with Crippen LogP contribution in [0.2, 0.25) is 0 Å². The highest BCUT2D eigenvalue weighted by Gasteiger charge is 2.54. The number of nitrogens with zero attached hydrogens (tertiary/aromatic N) is 1. The van der Waals surface area contributed by atoms with E-state index in [1.54, 1.807) is 4.90 Å². The molecule has 2 fully saturated rings. The lowest BCUT2D eigenvalue weighted by Gasteiger charge is -2.47. The Labute approximate surface area is 109 Å². The molecule has 1 unspecified atom stereocenters. The van der Waals surface area contributed by atoms with Gasteiger partial charge in [0.25, 0.3) is 0 Å². The summed E-state index contributed by atoms with van der Waals surface area (Å²) in [6.07, 6.45) is 4.03. The van der Waals surface area contributed by atoms with Crippen LogP contribution in [0.4, 0.5) is 0 Å². The smallest absolute Gasteiger partial charge is 0.249 e. The van der Waals surface area contributed by atoms with E-state index in [0.717, 1.165) is 25.7 Å². The van der Waals surface area contributed by atoms with E-state index < -0.39 is 5.54 Å². The van der Waals surface area contributed by atoms with Gasteiger partial charge >= 0.3 is 0 Å². The number of hydrogen-bond acceptors (Lipinski definition) is 2. The Morgan fingerprint density at radius 1 is 1.39 bits per heavy atom. The third-order valence-electron chi connectivity index (χ3n) is 4.38. The van der Waals surface area contributed by atoms with Gasteiger partial charge in [-0.05, 0) is 46.0 Å². The van der Waals surface area contributed by atoms with E-state index in [1.807, 2.05) is 6.92 Å². The predicted octanol–water partition coefficient (Wildman–Crippen LogP) is 1.69. The van der Waals surface area contributed by atoms with Crippen LogP contribution in [0, 0.1) is 5.92 Å². The van der Waals surface area contributed by atoms with Crippen molar-refractivity contribution in [1.82, 2.24) is 10.2 Å². The number of hydrogen-bond donors (Lipinski definition) is 1. The molecule has 0 aromatic carbocycles. The molecule has 1 heterocycles. The summed E-state index contributed by atoms with van der Waals surface area (Å²) in [7, 11) is 0. The van der Waals surface area contributed by atoms with Crippen molar-refractivity contribution in [3.05, 3.63) is 0 Å². The number of piperazine rings is 1. The lowest BCUT2D eigenvalue weighted by Crippen LogP contribution is -2.70. The third kappa shape index (κ3) is 2.13. The zero-order valence-electron chi connectivity index (χ0n) is 11.9. The van der Waals surface area contributed by atoms with Gasteiger partial charge in [0.2, 0.25) is 11.8 Å². The summed E-state index contributed by atoms with van der Waals surface area (Å²) in [5.41, 5.74) is -0.903. The van der Waals surface area contributed by atoms with Crippen LogP contribution >= 0.6 is 0 Å². The van der Waals surface area contributed by atoms with E-state index in [-0.39, 0.29) is 23.9 Å². The minimum Gasteiger partial charge on any atom is -0.340 e. The molecule has 0 aromatic heterocycles. The predicted molar refractivity (Wildman–Crippen MR) is 70.0 cm³/mol. The van der Waals surface area contributed by atoms with E-state index in [4.69, 9.17) is 0 Å². The lowest BCUT2D eigenvalue weighted by atomic mass is 9.87. The van der Waals surface area contributed by atoms with Gasteiger partial charge in [-0.3, -0.25) is 9.59 Å². The largest absolute Gasteiger partial charge is 0.340 e. The van der Waals surface area contributed by atoms with E-state index in [1.165, 1.54) is 0 Å². The first-order valence-corrected chi connectivity index (χ1v) is 6.94. The van der Waals surface area contributed by atoms with Crippen molar-refractivity contribution in [3.63, 3.8) is 0 Å². The Morgan fingerprint density at radius 3 is 2.50 bits per heavy atom. The summed E-state index contributed by atoms with van der Waals surface area (Å²) < 4.78 is 0. The first kappa shape index (κ1) is 13.4. The van der Waals surface area contributed by atoms with Crippen molar-refractivity contribution in [3.8, 4) is 0 Å². The second-order valence-corrected chi connectivity index (χ2v) is 6.48. The maximum absolute atomic E-state index is 12.7. The molecular formula is C14H24N2O2. The lowest BCUT2D eigenvalue weighted by molar-refractivity contribution is -0.156. The minimum atomic E-state index is -0.666. The Balaban J connectivity index is 2.25. The molecule has 1 saturated heterocycles. The second kappa shape index (κ2) is 4.25. The normalized spacial score (nSPS) is 29.4. The van der Waals surface area contributed by atoms with Gasteiger partial charge in [0, 0.05) is 5.54 Å². The summed E-state index contributed by atoms with van der Waals surface area (Å²) in [5.74, 6) is 0.408. The number of carbonyl (C=O) groups excluding carboxylic acids is 2. The zero-order chi connectivity index (χ0) is 13.6. The van der Waals surface area contributed by atoms with Crippen LogP contribution in [0.25, 0.3) is 0 Å². The standard InChI is InChI=1S/C14H24N2O2/c1-5-8-13(2,3)16-9-11(17)15-14(4,12(16)18)10-6-7-10/h10H,5-9H2,1-4H3,(H,15,17). The summed E-state index contributed by atoms with van der Waals surface area (Å²) >= 11 is 0. The average Bonchev–Trinajstić information content (AvgIpc) is 3.06. The van der Waals surface area contributed by atoms with Gasteiger partial charge in [-0.25, -0.2) is 0 Å². The van der Waals surface area contributed by atoms with Crippen LogP contribution in [0.1, 0.15) is 53.4 Å². The van der Waals surface area contributed by atoms with Crippen molar-refractivity contribution < 1.29 is 9.59 Å². The molecule has 1 atom stereocenters. The molecule has 1 saturated carbocycles. The molecule has 0 spiro atoms. The monoisotopic (exact) mass is 252 g/mol. The van der Waals surface area contributed by atoms with Crippen LogP contribution in [-0.4, -0.2) is 34.3 Å². The molecule has 0 bridgehead atoms. The maximum Gasteiger partial charge on any atom is 0.249 e. The molecule has 1 aliphatic carbocycles. The van der Waals surface area contributed by atoms with Crippen molar-refractivity contribution in [2.75, 3.05) is 6.54 Å². The maximum atomic E-state index is 12.7. The molecule has 102 valence electrons. The topological polar surface area (TPSA) is 49.4 Å². The van der Waals surface area contributed by atoms with E-state index >= 15 is 0 Å². The summed E-state index contributed by atoms with van der Waals surface area (Å²) in [5, 5.41) is 2.92. The van der Waals surface area contributed by atoms with Crippen LogP contribution in [-0.2, 0) is 9.59 Å². The molecule has 2 amide bonds. The SMILES string of the molecule is CCCC(C)(C)N1CC(=O)NC(C)(C2CC2)C1=O. The highest BCUT2D eigenvalue weighted by Crippen LogP contribution is 2.42. The fraction of sp³-hybridized carbons (Fsp3) is 0.857. The third-order valence-corrected chi connectivity index (χ3v) is 4.38. The minimum absolute atomic E-state index is 0.0202. The fourth-order valence-corrected chi connectivity index (χ4v) is 3.05. The molecule has 0 radical (unpaired) electrons. The van der Waals surface area contributed by atoms with Gasteiger partial charge in [-0.2, -0.15) is 0 Å². The second-order valence-electron chi connectivity index (χ2n) is 6.48. The molecule has 1 N–H and O–H groups in total. The molecule has 4 nitrogen and oxygen atoms in total. The Kier molecular flexibility index (Phi) is 3.16. The Bertz CT molecular complexity index is 374. The number of amides is 2. The molecule has 18 heavy (non-hydrogen) atoms. The molecule has 1 aliphatic heterocycles. The average molecular weight is 252 g/mol. The molecular weight excluding hydrogens is 228 g/mol. The first-order valence-electron chi connectivity index (χ1n) is 6.94. The van der Waals surface area contributed by atoms with Crippen molar-refractivity contribution >= 4 is 11.8 Å². The van der Waals surface area contributed by atoms with Crippen LogP contribution in [0.15, 0.2) is 0 Å². The number of nitrogens with one attached hydrogen (secondary N) is 1. The quantitative estimate of drug-likeness (QED) is 0.827. The van der Waals surface area contributed by atoms with Gasteiger partial charge in [-0.15, -0.1) is 0 Å². The highest BCUT2D eigenvalue weighted by molar-refractivity contribution is 5.98. The van der Waals surface area contributed by atoms with Crippen molar-refractivity contribution in [2.24, 2.45) is 5.92 Å². The van der Waals surface area contributed by atoms with Crippen molar-refractivity contribution in [2.45, 2.75) is 64.5 Å². The summed E-state index contributed by atoms with van der Waals surface area (Å²) in [6, 6.07) is 0. The van der Waals surface area contributed by atoms with Gasteiger partial charge in [0.05, 0.1) is 0 Å². The van der Waals surface area contributed by atoms with Crippen molar-refractivity contribution in [1.29, 1.82) is 0 Å². The molecule has 0 aromatic rings. The van der Waals surface area contributed by atoms with E-state index in [0.29, 0.717) is 5.92 Å². The van der Waals surface area contributed by atoms with Crippen LogP contribution in [0.3, 0.4) is 0 Å². The summed E-state index contributed by atoms with van der Waals surface area (Å²) in [6.45, 7) is 8.31. The van der Waals surface area contributed by atoms with E-state index in [2.05, 4.69) is 26.1 Å². The van der Waals surface area contributed by atoms with Gasteiger partial charge in [0.15, 0.2) is 0 Å². The van der Waals surface area contributed by atoms with Crippen LogP contribution in [0.5, 0.6) is 0 Å². The van der Waals surface area contributed by atoms with Gasteiger partial charge in [-0.1, -0.05) is 13.3 Å². The summed E-state index contributed by atoms with van der Waals surface area (Å²) in [4.78, 5) is 26.4. The molecule has 2 aliphatic rings. The zero-order valence-corrected chi connectivity index (χ0v) is 11.9. The fourth-order valence-electron chi connectivity index (χ4n) is 3.05. The Morgan fingerprint density at radius 2 is 2.00 bits per heavy atom. The highest BCUT2D eigenvalue weighted by atomic mass is 16.2. The van der Waals surface area contributed by atoms with Gasteiger partial charge < -0.3 is 10.2 Å². The number of rotatable bonds is 4. The first-order chi connectivity index (χ1) is 8.31. The molecule has 2 rings (SSSR count). The van der Waals surface area contributed by atoms with Crippen LogP contribution < -0.4 is 5.32 Å². The Hall–Kier alpha value is -1.06. The van der Waals surface area contributed by atoms with Gasteiger partial charge in [0.1, 0.15) is 12.1 Å².